The van der Waals surface area contributed by atoms with Crippen LogP contribution in [0.4, 0.5) is 0 Å². The second kappa shape index (κ2) is 19.4. The van der Waals surface area contributed by atoms with Gasteiger partial charge in [0.05, 0.1) is 71.5 Å². The minimum atomic E-state index is -0.315. The fraction of sp³-hybridized carbons (Fsp3) is 0.419. The Balaban J connectivity index is 1.31. The van der Waals surface area contributed by atoms with Crippen molar-refractivity contribution in [2.24, 2.45) is 5.73 Å². The Bertz CT molecular complexity index is 1330. The van der Waals surface area contributed by atoms with Crippen molar-refractivity contribution in [3.8, 4) is 22.8 Å². The molecule has 0 saturated heterocycles. The number of carbonyl (C=O) groups is 1. The molecular formula is C31H40N2O10. The molecule has 3 aromatic rings. The third kappa shape index (κ3) is 11.4. The summed E-state index contributed by atoms with van der Waals surface area (Å²) in [4.78, 5) is 25.1. The number of fused-ring (bicyclic) bond motifs is 1. The summed E-state index contributed by atoms with van der Waals surface area (Å²) in [5, 5.41) is 13.6. The van der Waals surface area contributed by atoms with Crippen LogP contribution in [-0.2, 0) is 23.7 Å². The van der Waals surface area contributed by atoms with Crippen molar-refractivity contribution in [2.75, 3.05) is 85.8 Å². The summed E-state index contributed by atoms with van der Waals surface area (Å²) in [5.41, 5.74) is 6.03. The second-order valence-corrected chi connectivity index (χ2v) is 9.05. The highest BCUT2D eigenvalue weighted by molar-refractivity contribution is 5.94. The number of rotatable bonds is 22. The molecule has 43 heavy (non-hydrogen) atoms. The average molecular weight is 601 g/mol. The zero-order valence-corrected chi connectivity index (χ0v) is 24.2. The van der Waals surface area contributed by atoms with Crippen molar-refractivity contribution in [2.45, 2.75) is 0 Å². The van der Waals surface area contributed by atoms with E-state index in [4.69, 9.17) is 38.6 Å². The van der Waals surface area contributed by atoms with Gasteiger partial charge < -0.3 is 49.0 Å². The monoisotopic (exact) mass is 600 g/mol. The van der Waals surface area contributed by atoms with E-state index < -0.39 is 0 Å². The summed E-state index contributed by atoms with van der Waals surface area (Å²) in [7, 11) is 0. The van der Waals surface area contributed by atoms with Crippen molar-refractivity contribution in [3.63, 3.8) is 0 Å². The van der Waals surface area contributed by atoms with Gasteiger partial charge in [-0.2, -0.15) is 0 Å². The third-order valence-electron chi connectivity index (χ3n) is 5.90. The zero-order chi connectivity index (χ0) is 30.7. The van der Waals surface area contributed by atoms with Gasteiger partial charge in [0.1, 0.15) is 12.4 Å². The van der Waals surface area contributed by atoms with Gasteiger partial charge in [-0.15, -0.1) is 0 Å². The molecule has 0 aliphatic heterocycles. The molecule has 0 unspecified atom stereocenters. The average Bonchev–Trinajstić information content (AvgIpc) is 3.02. The number of nitrogens with one attached hydrogen (secondary N) is 1. The van der Waals surface area contributed by atoms with Crippen LogP contribution in [0.3, 0.4) is 0 Å². The van der Waals surface area contributed by atoms with E-state index in [1.165, 1.54) is 18.2 Å². The van der Waals surface area contributed by atoms with Gasteiger partial charge in [-0.05, 0) is 24.3 Å². The smallest absolute Gasteiger partial charge is 0.251 e. The molecule has 1 heterocycles. The first-order valence-electron chi connectivity index (χ1n) is 14.1. The normalized spacial score (nSPS) is 11.1. The van der Waals surface area contributed by atoms with Crippen LogP contribution >= 0.6 is 0 Å². The maximum Gasteiger partial charge on any atom is 0.251 e. The predicted octanol–water partition coefficient (Wildman–Crippen LogP) is 2.50. The summed E-state index contributed by atoms with van der Waals surface area (Å²) in [6.45, 7) is 9.20. The molecule has 1 amide bonds. The molecule has 0 bridgehead atoms. The van der Waals surface area contributed by atoms with Crippen LogP contribution in [0, 0.1) is 0 Å². The molecule has 0 spiro atoms. The molecule has 2 aromatic carbocycles. The van der Waals surface area contributed by atoms with Crippen LogP contribution in [0.5, 0.6) is 11.5 Å². The van der Waals surface area contributed by atoms with E-state index in [1.54, 1.807) is 30.3 Å². The van der Waals surface area contributed by atoms with E-state index in [2.05, 4.69) is 11.9 Å². The second-order valence-electron chi connectivity index (χ2n) is 9.05. The number of ether oxygens (including phenoxy) is 6. The highest BCUT2D eigenvalue weighted by atomic mass is 16.6. The summed E-state index contributed by atoms with van der Waals surface area (Å²) >= 11 is 0. The number of amides is 1. The Hall–Kier alpha value is -3.78. The van der Waals surface area contributed by atoms with Gasteiger partial charge in [-0.3, -0.25) is 9.59 Å². The molecule has 3 rings (SSSR count). The van der Waals surface area contributed by atoms with E-state index in [1.807, 2.05) is 0 Å². The molecular weight excluding hydrogens is 560 g/mol. The number of carbonyl (C=O) groups excluding carboxylic acids is 1. The molecule has 0 fully saturated rings. The minimum absolute atomic E-state index is 0.0202. The van der Waals surface area contributed by atoms with E-state index in [0.29, 0.717) is 90.3 Å². The maximum atomic E-state index is 12.6. The van der Waals surface area contributed by atoms with Crippen LogP contribution in [0.2, 0.25) is 0 Å². The molecule has 4 N–H and O–H groups in total. The Kier molecular flexibility index (Phi) is 15.2. The van der Waals surface area contributed by atoms with Crippen molar-refractivity contribution >= 4 is 16.9 Å². The zero-order valence-electron chi connectivity index (χ0n) is 24.2. The first-order valence-corrected chi connectivity index (χ1v) is 14.1. The molecule has 1 aromatic heterocycles. The lowest BCUT2D eigenvalue weighted by Gasteiger charge is -2.10. The number of nitrogens with two attached hydrogens (primary N) is 1. The predicted molar refractivity (Wildman–Crippen MR) is 161 cm³/mol. The van der Waals surface area contributed by atoms with Crippen LogP contribution in [-0.4, -0.2) is 96.8 Å². The van der Waals surface area contributed by atoms with Gasteiger partial charge in [-0.1, -0.05) is 24.8 Å². The minimum Gasteiger partial charge on any atom is -0.502 e. The Morgan fingerprint density at radius 1 is 0.860 bits per heavy atom. The maximum absolute atomic E-state index is 12.6. The molecule has 0 aliphatic rings. The summed E-state index contributed by atoms with van der Waals surface area (Å²) in [5.74, 6) is -0.106. The summed E-state index contributed by atoms with van der Waals surface area (Å²) in [6.07, 6.45) is 1.54. The Morgan fingerprint density at radius 2 is 1.44 bits per heavy atom. The fourth-order valence-corrected chi connectivity index (χ4v) is 3.78. The quantitative estimate of drug-likeness (QED) is 0.115. The third-order valence-corrected chi connectivity index (χ3v) is 5.90. The van der Waals surface area contributed by atoms with Crippen molar-refractivity contribution in [1.82, 2.24) is 5.32 Å². The SMILES string of the molecule is C=CCOc1ccc2c(=O)cc(-c3ccc(C(=O)NCCOCCOCCOCCOCCOCCN)cc3)oc2c1O. The number of phenolic OH excluding ortho intramolecular Hbond substituents is 1. The van der Waals surface area contributed by atoms with Gasteiger partial charge in [0.25, 0.3) is 5.91 Å². The van der Waals surface area contributed by atoms with E-state index in [-0.39, 0.29) is 46.2 Å². The van der Waals surface area contributed by atoms with Gasteiger partial charge in [0.15, 0.2) is 16.8 Å². The molecule has 12 nitrogen and oxygen atoms in total. The lowest BCUT2D eigenvalue weighted by molar-refractivity contribution is -0.0102. The van der Waals surface area contributed by atoms with Gasteiger partial charge >= 0.3 is 0 Å². The molecule has 12 heteroatoms. The molecule has 0 atom stereocenters. The number of aromatic hydroxyl groups is 1. The van der Waals surface area contributed by atoms with Crippen molar-refractivity contribution < 1.29 is 42.7 Å². The highest BCUT2D eigenvalue weighted by Gasteiger charge is 2.15. The molecule has 0 radical (unpaired) electrons. The Morgan fingerprint density at radius 3 is 2.02 bits per heavy atom. The largest absolute Gasteiger partial charge is 0.502 e. The van der Waals surface area contributed by atoms with Crippen LogP contribution in [0.25, 0.3) is 22.3 Å². The fourth-order valence-electron chi connectivity index (χ4n) is 3.78. The highest BCUT2D eigenvalue weighted by Crippen LogP contribution is 2.35. The van der Waals surface area contributed by atoms with Crippen LogP contribution in [0.1, 0.15) is 10.4 Å². The van der Waals surface area contributed by atoms with Crippen LogP contribution < -0.4 is 21.2 Å². The summed E-state index contributed by atoms with van der Waals surface area (Å²) in [6, 6.07) is 11.0. The number of hydrogen-bond donors (Lipinski definition) is 3. The van der Waals surface area contributed by atoms with Crippen molar-refractivity contribution in [1.29, 1.82) is 0 Å². The molecule has 234 valence electrons. The van der Waals surface area contributed by atoms with E-state index in [9.17, 15) is 14.7 Å². The number of phenols is 1. The summed E-state index contributed by atoms with van der Waals surface area (Å²) < 4.78 is 38.2. The topological polar surface area (TPSA) is 161 Å². The Labute approximate surface area is 250 Å². The standard InChI is InChI=1S/C31H40N2O10/c1-2-11-42-27-8-7-25-26(34)22-28(43-30(25)29(27)35)23-3-5-24(6-4-23)31(36)33-10-13-38-15-17-40-19-21-41-20-18-39-16-14-37-12-9-32/h2-8,22,35H,1,9-21,32H2,(H,33,36). The van der Waals surface area contributed by atoms with Gasteiger partial charge in [0, 0.05) is 30.3 Å². The first-order chi connectivity index (χ1) is 21.0. The molecule has 0 aliphatic carbocycles. The van der Waals surface area contributed by atoms with E-state index in [0.717, 1.165) is 0 Å². The van der Waals surface area contributed by atoms with E-state index >= 15 is 0 Å². The van der Waals surface area contributed by atoms with Gasteiger partial charge in [-0.25, -0.2) is 0 Å². The first kappa shape index (κ1) is 33.7. The number of benzene rings is 2. The van der Waals surface area contributed by atoms with Crippen LogP contribution in [0.15, 0.2) is 64.3 Å². The van der Waals surface area contributed by atoms with Crippen molar-refractivity contribution in [3.05, 3.63) is 70.9 Å². The number of hydrogen-bond acceptors (Lipinski definition) is 11. The lowest BCUT2D eigenvalue weighted by atomic mass is 10.1. The lowest BCUT2D eigenvalue weighted by Crippen LogP contribution is -2.27. The molecule has 0 saturated carbocycles. The van der Waals surface area contributed by atoms with Gasteiger partial charge in [0.2, 0.25) is 5.75 Å².